The van der Waals surface area contributed by atoms with Gasteiger partial charge in [0.25, 0.3) is 5.56 Å². The van der Waals surface area contributed by atoms with Crippen LogP contribution in [0.3, 0.4) is 0 Å². The molecule has 9 heteroatoms. The number of aryl methyl sites for hydroxylation is 2. The Morgan fingerprint density at radius 1 is 1.28 bits per heavy atom. The number of hydrogen-bond acceptors (Lipinski definition) is 6. The first kappa shape index (κ1) is 21.2. The van der Waals surface area contributed by atoms with E-state index in [0.717, 1.165) is 20.8 Å². The van der Waals surface area contributed by atoms with Crippen molar-refractivity contribution in [3.8, 4) is 11.5 Å². The third kappa shape index (κ3) is 4.40. The van der Waals surface area contributed by atoms with Crippen molar-refractivity contribution in [3.63, 3.8) is 0 Å². The molecule has 0 saturated heterocycles. The summed E-state index contributed by atoms with van der Waals surface area (Å²) in [6, 6.07) is 4.71. The first-order valence-electron chi connectivity index (χ1n) is 9.03. The summed E-state index contributed by atoms with van der Waals surface area (Å²) in [5.74, 6) is 0.784. The summed E-state index contributed by atoms with van der Waals surface area (Å²) in [6.07, 6.45) is 0. The molecule has 0 spiro atoms. The van der Waals surface area contributed by atoms with Crippen LogP contribution in [0.2, 0.25) is 0 Å². The van der Waals surface area contributed by atoms with Gasteiger partial charge in [0.05, 0.1) is 18.5 Å². The van der Waals surface area contributed by atoms with Gasteiger partial charge in [0.1, 0.15) is 10.7 Å². The lowest BCUT2D eigenvalue weighted by Crippen LogP contribution is -2.26. The minimum absolute atomic E-state index is 0.0152. The number of halogens is 2. The van der Waals surface area contributed by atoms with E-state index in [4.69, 9.17) is 4.74 Å². The molecule has 1 atom stereocenters. The van der Waals surface area contributed by atoms with Crippen molar-refractivity contribution in [1.29, 1.82) is 0 Å². The molecule has 0 saturated carbocycles. The van der Waals surface area contributed by atoms with E-state index in [2.05, 4.69) is 14.7 Å². The molecule has 0 aliphatic carbocycles. The first-order valence-corrected chi connectivity index (χ1v) is 9.84. The van der Waals surface area contributed by atoms with Gasteiger partial charge in [0, 0.05) is 11.4 Å². The summed E-state index contributed by atoms with van der Waals surface area (Å²) >= 11 is 1.50. The monoisotopic (exact) mass is 423 g/mol. The third-order valence-corrected chi connectivity index (χ3v) is 6.09. The minimum Gasteiger partial charge on any atom is -0.493 e. The Hall–Kier alpha value is -2.52. The fourth-order valence-electron chi connectivity index (χ4n) is 3.11. The van der Waals surface area contributed by atoms with E-state index < -0.39 is 6.61 Å². The molecule has 156 valence electrons. The number of alkyl halides is 2. The number of ether oxygens (including phenoxy) is 2. The molecule has 3 aromatic rings. The van der Waals surface area contributed by atoms with Crippen LogP contribution in [0.25, 0.3) is 10.2 Å². The van der Waals surface area contributed by atoms with E-state index in [9.17, 15) is 13.6 Å². The number of thiophene rings is 1. The molecular formula is C20H23F2N3O3S. The second kappa shape index (κ2) is 8.46. The number of nitrogens with zero attached hydrogens (tertiary/aromatic N) is 2. The Morgan fingerprint density at radius 2 is 2.00 bits per heavy atom. The Labute approximate surface area is 171 Å². The van der Waals surface area contributed by atoms with Crippen LogP contribution in [0.5, 0.6) is 11.5 Å². The standard InChI is InChI=1S/C20H23F2N3O3S/c1-10-12(3)29-19-16(10)18(26)23-17(24-19)11(2)25(4)9-13-6-7-14(27-5)15(8-13)28-20(21)22/h6-8,11,20H,9H2,1-5H3,(H,23,24,26). The van der Waals surface area contributed by atoms with Crippen molar-refractivity contribution in [2.24, 2.45) is 0 Å². The predicted octanol–water partition coefficient (Wildman–Crippen LogP) is 4.40. The molecule has 0 radical (unpaired) electrons. The zero-order chi connectivity index (χ0) is 21.3. The second-order valence-corrected chi connectivity index (χ2v) is 8.07. The smallest absolute Gasteiger partial charge is 0.387 e. The molecule has 0 bridgehead atoms. The molecule has 1 N–H and O–H groups in total. The van der Waals surface area contributed by atoms with Crippen LogP contribution in [0.4, 0.5) is 8.78 Å². The maximum absolute atomic E-state index is 12.6. The summed E-state index contributed by atoms with van der Waals surface area (Å²) in [5, 5.41) is 0.634. The second-order valence-electron chi connectivity index (χ2n) is 6.87. The molecule has 0 fully saturated rings. The van der Waals surface area contributed by atoms with Gasteiger partial charge in [-0.1, -0.05) is 6.07 Å². The topological polar surface area (TPSA) is 67.5 Å². The van der Waals surface area contributed by atoms with Crippen LogP contribution in [-0.2, 0) is 6.54 Å². The van der Waals surface area contributed by atoms with E-state index in [0.29, 0.717) is 17.8 Å². The molecule has 1 unspecified atom stereocenters. The molecule has 0 aliphatic rings. The zero-order valence-corrected chi connectivity index (χ0v) is 17.7. The molecule has 29 heavy (non-hydrogen) atoms. The van der Waals surface area contributed by atoms with Crippen molar-refractivity contribution in [2.45, 2.75) is 40.0 Å². The summed E-state index contributed by atoms with van der Waals surface area (Å²) in [4.78, 5) is 23.8. The number of methoxy groups -OCH3 is 1. The van der Waals surface area contributed by atoms with Crippen molar-refractivity contribution >= 4 is 21.6 Å². The third-order valence-electron chi connectivity index (χ3n) is 4.99. The molecule has 2 heterocycles. The quantitative estimate of drug-likeness (QED) is 0.610. The zero-order valence-electron chi connectivity index (χ0n) is 16.9. The molecule has 2 aromatic heterocycles. The van der Waals surface area contributed by atoms with Gasteiger partial charge in [-0.2, -0.15) is 8.78 Å². The highest BCUT2D eigenvalue weighted by Gasteiger charge is 2.19. The Bertz CT molecular complexity index is 1080. The van der Waals surface area contributed by atoms with Gasteiger partial charge in [-0.15, -0.1) is 11.3 Å². The lowest BCUT2D eigenvalue weighted by atomic mass is 10.1. The van der Waals surface area contributed by atoms with E-state index in [-0.39, 0.29) is 23.1 Å². The number of aromatic amines is 1. The maximum Gasteiger partial charge on any atom is 0.387 e. The summed E-state index contributed by atoms with van der Waals surface area (Å²) in [7, 11) is 3.27. The molecule has 6 nitrogen and oxygen atoms in total. The summed E-state index contributed by atoms with van der Waals surface area (Å²) < 4.78 is 34.9. The number of hydrogen-bond donors (Lipinski definition) is 1. The lowest BCUT2D eigenvalue weighted by Gasteiger charge is -2.24. The van der Waals surface area contributed by atoms with Gasteiger partial charge in [0.15, 0.2) is 11.5 Å². The summed E-state index contributed by atoms with van der Waals surface area (Å²) in [6.45, 7) is 3.32. The van der Waals surface area contributed by atoms with Crippen LogP contribution in [0, 0.1) is 13.8 Å². The Balaban J connectivity index is 1.85. The SMILES string of the molecule is COc1ccc(CN(C)C(C)c2nc3sc(C)c(C)c3c(=O)[nH]2)cc1OC(F)F. The number of H-pyrrole nitrogens is 1. The van der Waals surface area contributed by atoms with Gasteiger partial charge < -0.3 is 14.5 Å². The van der Waals surface area contributed by atoms with E-state index >= 15 is 0 Å². The number of aromatic nitrogens is 2. The van der Waals surface area contributed by atoms with E-state index in [1.165, 1.54) is 24.5 Å². The highest BCUT2D eigenvalue weighted by atomic mass is 32.1. The average Bonchev–Trinajstić information content (AvgIpc) is 2.95. The van der Waals surface area contributed by atoms with E-state index in [1.54, 1.807) is 12.1 Å². The fourth-order valence-corrected chi connectivity index (χ4v) is 4.15. The van der Waals surface area contributed by atoms with Crippen LogP contribution >= 0.6 is 11.3 Å². The van der Waals surface area contributed by atoms with E-state index in [1.807, 2.05) is 32.7 Å². The normalized spacial score (nSPS) is 12.7. The molecule has 1 aromatic carbocycles. The lowest BCUT2D eigenvalue weighted by molar-refractivity contribution is -0.0512. The van der Waals surface area contributed by atoms with Gasteiger partial charge in [0.2, 0.25) is 0 Å². The number of rotatable bonds is 7. The molecule has 3 rings (SSSR count). The van der Waals surface area contributed by atoms with Gasteiger partial charge >= 0.3 is 6.61 Å². The van der Waals surface area contributed by atoms with Crippen LogP contribution in [0.15, 0.2) is 23.0 Å². The molecular weight excluding hydrogens is 400 g/mol. The highest BCUT2D eigenvalue weighted by molar-refractivity contribution is 7.18. The van der Waals surface area contributed by atoms with Gasteiger partial charge in [-0.05, 0) is 51.1 Å². The Kier molecular flexibility index (Phi) is 6.18. The van der Waals surface area contributed by atoms with Crippen LogP contribution in [-0.4, -0.2) is 35.6 Å². The van der Waals surface area contributed by atoms with Crippen molar-refractivity contribution in [1.82, 2.24) is 14.9 Å². The first-order chi connectivity index (χ1) is 13.7. The minimum atomic E-state index is -2.94. The molecule has 0 aliphatic heterocycles. The van der Waals surface area contributed by atoms with Gasteiger partial charge in [-0.25, -0.2) is 4.98 Å². The van der Waals surface area contributed by atoms with Crippen molar-refractivity contribution < 1.29 is 18.3 Å². The predicted molar refractivity (Wildman–Crippen MR) is 109 cm³/mol. The maximum atomic E-state index is 12.6. The fraction of sp³-hybridized carbons (Fsp3) is 0.400. The van der Waals surface area contributed by atoms with Crippen LogP contribution < -0.4 is 15.0 Å². The molecule has 0 amide bonds. The Morgan fingerprint density at radius 3 is 2.66 bits per heavy atom. The van der Waals surface area contributed by atoms with Crippen molar-refractivity contribution in [3.05, 3.63) is 50.4 Å². The largest absolute Gasteiger partial charge is 0.493 e. The summed E-state index contributed by atoms with van der Waals surface area (Å²) in [5.41, 5.74) is 1.57. The highest BCUT2D eigenvalue weighted by Crippen LogP contribution is 2.31. The number of fused-ring (bicyclic) bond motifs is 1. The average molecular weight is 423 g/mol. The number of benzene rings is 1. The number of nitrogens with one attached hydrogen (secondary N) is 1. The van der Waals surface area contributed by atoms with Crippen LogP contribution in [0.1, 0.15) is 34.8 Å². The van der Waals surface area contributed by atoms with Crippen molar-refractivity contribution in [2.75, 3.05) is 14.2 Å². The van der Waals surface area contributed by atoms with Gasteiger partial charge in [-0.3, -0.25) is 9.69 Å².